The van der Waals surface area contributed by atoms with Crippen molar-refractivity contribution in [3.8, 4) is 0 Å². The highest BCUT2D eigenvalue weighted by Crippen LogP contribution is 2.27. The van der Waals surface area contributed by atoms with E-state index in [0.717, 1.165) is 35.7 Å². The van der Waals surface area contributed by atoms with Gasteiger partial charge in [-0.15, -0.1) is 11.8 Å². The number of rotatable bonds is 8. The van der Waals surface area contributed by atoms with Gasteiger partial charge in [-0.2, -0.15) is 0 Å². The molecule has 28 heavy (non-hydrogen) atoms. The molecule has 1 heterocycles. The molecule has 1 aliphatic rings. The summed E-state index contributed by atoms with van der Waals surface area (Å²) < 4.78 is 18.9. The van der Waals surface area contributed by atoms with E-state index in [1.54, 1.807) is 23.9 Å². The van der Waals surface area contributed by atoms with Gasteiger partial charge in [-0.3, -0.25) is 4.79 Å². The van der Waals surface area contributed by atoms with Gasteiger partial charge < -0.3 is 15.0 Å². The van der Waals surface area contributed by atoms with Gasteiger partial charge in [0.1, 0.15) is 5.82 Å². The molecule has 4 nitrogen and oxygen atoms in total. The fourth-order valence-electron chi connectivity index (χ4n) is 3.31. The molecule has 2 atom stereocenters. The van der Waals surface area contributed by atoms with E-state index in [4.69, 9.17) is 4.74 Å². The minimum Gasteiger partial charge on any atom is -0.377 e. The molecular formula is C22H27FN2O2S. The topological polar surface area (TPSA) is 41.6 Å². The Bertz CT molecular complexity index is 776. The second-order valence-electron chi connectivity index (χ2n) is 7.18. The average Bonchev–Trinajstić information content (AvgIpc) is 3.21. The highest BCUT2D eigenvalue weighted by molar-refractivity contribution is 7.99. The van der Waals surface area contributed by atoms with Crippen LogP contribution < -0.4 is 5.32 Å². The standard InChI is InChI=1S/C22H27FN2O2S/c1-25(2)20(16-9-11-17(23)12-10-16)14-24-22(26)19-7-3-4-8-21(19)28-15-18-6-5-13-27-18/h3-4,7-12,18,20H,5-6,13-15H2,1-2H3,(H,24,26). The molecule has 1 N–H and O–H groups in total. The summed E-state index contributed by atoms with van der Waals surface area (Å²) in [6, 6.07) is 14.1. The van der Waals surface area contributed by atoms with Gasteiger partial charge in [0.25, 0.3) is 5.91 Å². The Kier molecular flexibility index (Phi) is 7.48. The van der Waals surface area contributed by atoms with Crippen LogP contribution in [0.3, 0.4) is 0 Å². The number of nitrogens with one attached hydrogen (secondary N) is 1. The molecule has 0 radical (unpaired) electrons. The first-order valence-electron chi connectivity index (χ1n) is 9.58. The van der Waals surface area contributed by atoms with Crippen molar-refractivity contribution in [3.05, 3.63) is 65.5 Å². The van der Waals surface area contributed by atoms with Crippen LogP contribution in [0.1, 0.15) is 34.8 Å². The third-order valence-electron chi connectivity index (χ3n) is 4.91. The predicted molar refractivity (Wildman–Crippen MR) is 111 cm³/mol. The number of likely N-dealkylation sites (N-methyl/N-ethyl adjacent to an activating group) is 1. The molecule has 0 spiro atoms. The summed E-state index contributed by atoms with van der Waals surface area (Å²) in [6.07, 6.45) is 2.48. The fourth-order valence-corrected chi connectivity index (χ4v) is 4.43. The zero-order valence-corrected chi connectivity index (χ0v) is 17.2. The number of benzene rings is 2. The van der Waals surface area contributed by atoms with Gasteiger partial charge in [-0.25, -0.2) is 4.39 Å². The summed E-state index contributed by atoms with van der Waals surface area (Å²) in [6.45, 7) is 1.28. The molecule has 2 aromatic carbocycles. The van der Waals surface area contributed by atoms with Crippen LogP contribution in [0.25, 0.3) is 0 Å². The third-order valence-corrected chi connectivity index (χ3v) is 6.12. The van der Waals surface area contributed by atoms with Gasteiger partial charge in [-0.1, -0.05) is 24.3 Å². The molecule has 1 amide bonds. The molecular weight excluding hydrogens is 375 g/mol. The molecule has 1 aliphatic heterocycles. The SMILES string of the molecule is CN(C)C(CNC(=O)c1ccccc1SCC1CCCO1)c1ccc(F)cc1. The van der Waals surface area contributed by atoms with Crippen molar-refractivity contribution in [2.24, 2.45) is 0 Å². The maximum Gasteiger partial charge on any atom is 0.252 e. The van der Waals surface area contributed by atoms with Crippen molar-refractivity contribution in [2.45, 2.75) is 29.9 Å². The van der Waals surface area contributed by atoms with E-state index in [2.05, 4.69) is 5.32 Å². The van der Waals surface area contributed by atoms with Crippen molar-refractivity contribution in [1.82, 2.24) is 10.2 Å². The van der Waals surface area contributed by atoms with E-state index in [0.29, 0.717) is 12.1 Å². The lowest BCUT2D eigenvalue weighted by Gasteiger charge is -2.25. The Labute approximate surface area is 170 Å². The molecule has 1 fully saturated rings. The predicted octanol–water partition coefficient (Wildman–Crippen LogP) is 4.13. The molecule has 0 aromatic heterocycles. The van der Waals surface area contributed by atoms with Crippen molar-refractivity contribution < 1.29 is 13.9 Å². The van der Waals surface area contributed by atoms with Crippen molar-refractivity contribution in [1.29, 1.82) is 0 Å². The monoisotopic (exact) mass is 402 g/mol. The first-order chi connectivity index (χ1) is 13.5. The summed E-state index contributed by atoms with van der Waals surface area (Å²) in [5, 5.41) is 3.04. The Morgan fingerprint density at radius 3 is 2.68 bits per heavy atom. The lowest BCUT2D eigenvalue weighted by Crippen LogP contribution is -2.34. The van der Waals surface area contributed by atoms with Gasteiger partial charge in [0, 0.05) is 23.8 Å². The average molecular weight is 403 g/mol. The summed E-state index contributed by atoms with van der Waals surface area (Å²) in [7, 11) is 3.90. The number of thioether (sulfide) groups is 1. The summed E-state index contributed by atoms with van der Waals surface area (Å²) in [5.41, 5.74) is 1.65. The molecule has 1 saturated heterocycles. The highest BCUT2D eigenvalue weighted by atomic mass is 32.2. The molecule has 2 aromatic rings. The Morgan fingerprint density at radius 2 is 2.00 bits per heavy atom. The fraction of sp³-hybridized carbons (Fsp3) is 0.409. The number of hydrogen-bond acceptors (Lipinski definition) is 4. The Morgan fingerprint density at radius 1 is 1.25 bits per heavy atom. The van der Waals surface area contributed by atoms with E-state index >= 15 is 0 Å². The van der Waals surface area contributed by atoms with Crippen molar-refractivity contribution >= 4 is 17.7 Å². The second-order valence-corrected chi connectivity index (χ2v) is 8.25. The largest absolute Gasteiger partial charge is 0.377 e. The molecule has 0 aliphatic carbocycles. The van der Waals surface area contributed by atoms with Crippen LogP contribution in [0, 0.1) is 5.82 Å². The highest BCUT2D eigenvalue weighted by Gasteiger charge is 2.19. The smallest absolute Gasteiger partial charge is 0.252 e. The van der Waals surface area contributed by atoms with Crippen molar-refractivity contribution in [3.63, 3.8) is 0 Å². The lowest BCUT2D eigenvalue weighted by atomic mass is 10.1. The number of carbonyl (C=O) groups excluding carboxylic acids is 1. The molecule has 150 valence electrons. The van der Waals surface area contributed by atoms with Gasteiger partial charge in [-0.05, 0) is 56.8 Å². The van der Waals surface area contributed by atoms with Crippen LogP contribution in [0.2, 0.25) is 0 Å². The maximum atomic E-state index is 13.2. The number of hydrogen-bond donors (Lipinski definition) is 1. The quantitative estimate of drug-likeness (QED) is 0.674. The van der Waals surface area contributed by atoms with Gasteiger partial charge in [0.2, 0.25) is 0 Å². The van der Waals surface area contributed by atoms with E-state index in [1.165, 1.54) is 12.1 Å². The van der Waals surface area contributed by atoms with Gasteiger partial charge in [0.05, 0.1) is 17.7 Å². The Balaban J connectivity index is 1.64. The molecule has 3 rings (SSSR count). The van der Waals surface area contributed by atoms with Crippen molar-refractivity contribution in [2.75, 3.05) is 33.0 Å². The van der Waals surface area contributed by atoms with Crippen LogP contribution in [0.5, 0.6) is 0 Å². The summed E-state index contributed by atoms with van der Waals surface area (Å²) in [5.74, 6) is 0.507. The van der Waals surface area contributed by atoms with E-state index in [-0.39, 0.29) is 23.9 Å². The number of halogens is 1. The second kappa shape index (κ2) is 10.0. The van der Waals surface area contributed by atoms with Gasteiger partial charge in [0.15, 0.2) is 0 Å². The maximum absolute atomic E-state index is 13.2. The summed E-state index contributed by atoms with van der Waals surface area (Å²) >= 11 is 1.67. The van der Waals surface area contributed by atoms with Crippen LogP contribution >= 0.6 is 11.8 Å². The van der Waals surface area contributed by atoms with Crippen LogP contribution in [-0.2, 0) is 4.74 Å². The Hall–Kier alpha value is -1.89. The molecule has 0 saturated carbocycles. The minimum absolute atomic E-state index is 0.0312. The molecule has 0 bridgehead atoms. The van der Waals surface area contributed by atoms with E-state index in [9.17, 15) is 9.18 Å². The van der Waals surface area contributed by atoms with E-state index in [1.807, 2.05) is 43.3 Å². The first kappa shape index (κ1) is 20.8. The van der Waals surface area contributed by atoms with Crippen LogP contribution in [0.4, 0.5) is 4.39 Å². The zero-order valence-electron chi connectivity index (χ0n) is 16.4. The van der Waals surface area contributed by atoms with Crippen LogP contribution in [0.15, 0.2) is 53.4 Å². The molecule has 2 unspecified atom stereocenters. The minimum atomic E-state index is -0.262. The third kappa shape index (κ3) is 5.56. The normalized spacial score (nSPS) is 17.6. The first-order valence-corrected chi connectivity index (χ1v) is 10.6. The zero-order chi connectivity index (χ0) is 19.9. The lowest BCUT2D eigenvalue weighted by molar-refractivity contribution is 0.0938. The summed E-state index contributed by atoms with van der Waals surface area (Å²) in [4.78, 5) is 15.8. The number of nitrogens with zero attached hydrogens (tertiary/aromatic N) is 1. The number of ether oxygens (including phenoxy) is 1. The number of carbonyl (C=O) groups is 1. The molecule has 6 heteroatoms. The van der Waals surface area contributed by atoms with Gasteiger partial charge >= 0.3 is 0 Å². The van der Waals surface area contributed by atoms with Crippen LogP contribution in [-0.4, -0.2) is 49.9 Å². The van der Waals surface area contributed by atoms with E-state index < -0.39 is 0 Å². The number of amides is 1.